The summed E-state index contributed by atoms with van der Waals surface area (Å²) in [7, 11) is 1.23. The summed E-state index contributed by atoms with van der Waals surface area (Å²) >= 11 is 3.03. The van der Waals surface area contributed by atoms with Gasteiger partial charge in [-0.1, -0.05) is 84.9 Å². The smallest absolute Gasteiger partial charge is 0.407 e. The summed E-state index contributed by atoms with van der Waals surface area (Å²) in [4.78, 5) is 68.9. The highest BCUT2D eigenvalue weighted by Gasteiger charge is 2.39. The summed E-state index contributed by atoms with van der Waals surface area (Å²) in [5.41, 5.74) is 4.52. The molecule has 0 bridgehead atoms. The number of thioether (sulfide) groups is 2. The lowest BCUT2D eigenvalue weighted by atomic mass is 9.99. The molecule has 2 fully saturated rings. The number of amides is 5. The Hall–Kier alpha value is -5.27. The molecule has 4 atom stereocenters. The number of methoxy groups -OCH3 is 1. The Morgan fingerprint density at radius 1 is 0.635 bits per heavy atom. The first kappa shape index (κ1) is 36.5. The fourth-order valence-electron chi connectivity index (χ4n) is 6.11. The molecule has 0 aliphatic carbocycles. The van der Waals surface area contributed by atoms with Gasteiger partial charge in [0.15, 0.2) is 0 Å². The summed E-state index contributed by atoms with van der Waals surface area (Å²) in [6.07, 6.45) is -0.744. The Kier molecular flexibility index (Phi) is 11.8. The summed E-state index contributed by atoms with van der Waals surface area (Å²) < 4.78 is 4.74. The van der Waals surface area contributed by atoms with Crippen LogP contribution in [-0.4, -0.2) is 82.0 Å². The monoisotopic (exact) mass is 737 g/mol. The molecule has 0 saturated carbocycles. The number of nitrogens with zero attached hydrogens (tertiary/aromatic N) is 2. The van der Waals surface area contributed by atoms with Crippen molar-refractivity contribution in [1.82, 2.24) is 15.1 Å². The molecule has 0 aromatic heterocycles. The van der Waals surface area contributed by atoms with Crippen LogP contribution in [0.3, 0.4) is 0 Å². The molecule has 6 rings (SSSR count). The number of benzene rings is 4. The molecule has 0 unspecified atom stereocenters. The van der Waals surface area contributed by atoms with Gasteiger partial charge in [0.25, 0.3) is 5.91 Å². The maximum absolute atomic E-state index is 13.7. The van der Waals surface area contributed by atoms with Gasteiger partial charge in [-0.05, 0) is 53.4 Å². The molecular formula is C39H39N5O6S2. The number of nitrogens with one attached hydrogen (secondary N) is 3. The van der Waals surface area contributed by atoms with Gasteiger partial charge in [-0.25, -0.2) is 4.79 Å². The van der Waals surface area contributed by atoms with E-state index in [1.54, 1.807) is 53.1 Å². The van der Waals surface area contributed by atoms with Gasteiger partial charge in [-0.2, -0.15) is 0 Å². The maximum atomic E-state index is 13.7. The highest BCUT2D eigenvalue weighted by molar-refractivity contribution is 7.99. The molecule has 4 aromatic rings. The van der Waals surface area contributed by atoms with Crippen molar-refractivity contribution in [3.63, 3.8) is 0 Å². The van der Waals surface area contributed by atoms with Crippen molar-refractivity contribution in [1.29, 1.82) is 0 Å². The predicted octanol–water partition coefficient (Wildman–Crippen LogP) is 5.93. The molecule has 3 N–H and O–H groups in total. The first-order valence-electron chi connectivity index (χ1n) is 16.8. The fourth-order valence-corrected chi connectivity index (χ4v) is 8.43. The second kappa shape index (κ2) is 16.8. The third kappa shape index (κ3) is 8.43. The number of ether oxygens (including phenoxy) is 1. The van der Waals surface area contributed by atoms with Crippen LogP contribution in [0, 0.1) is 0 Å². The molecule has 11 nitrogen and oxygen atoms in total. The van der Waals surface area contributed by atoms with Gasteiger partial charge < -0.3 is 30.5 Å². The van der Waals surface area contributed by atoms with Crippen LogP contribution in [0.2, 0.25) is 0 Å². The molecule has 2 aliphatic heterocycles. The summed E-state index contributed by atoms with van der Waals surface area (Å²) in [5, 5.41) is 8.50. The number of hydrogen-bond donors (Lipinski definition) is 3. The van der Waals surface area contributed by atoms with Gasteiger partial charge in [0.05, 0.1) is 24.8 Å². The number of anilines is 2. The standard InChI is InChI=1S/C39H39N5O6S2/c1-25(26-9-5-3-6-10-26)37(47)43-23-51-21-32(43)35(45)40-30-17-13-27(14-18-30)28-15-19-31(20-16-28)41-36(46)33-22-52-24-44(33)38(48)34(42-39(49)50-2)29-11-7-4-8-12-29/h3-20,25,32-34H,21-24H2,1-2H3,(H,40,45)(H,41,46)(H,42,49)/t25-,32+,33+,34-/m1/s1. The minimum Gasteiger partial charge on any atom is -0.453 e. The first-order chi connectivity index (χ1) is 25.2. The van der Waals surface area contributed by atoms with E-state index in [2.05, 4.69) is 16.0 Å². The Labute approximate surface area is 310 Å². The van der Waals surface area contributed by atoms with Gasteiger partial charge in [0.2, 0.25) is 17.7 Å². The van der Waals surface area contributed by atoms with Crippen molar-refractivity contribution in [2.24, 2.45) is 0 Å². The summed E-state index contributed by atoms with van der Waals surface area (Å²) in [5.74, 6) is 0.378. The lowest BCUT2D eigenvalue weighted by Crippen LogP contribution is -2.49. The molecule has 5 amide bonds. The van der Waals surface area contributed by atoms with E-state index >= 15 is 0 Å². The average Bonchev–Trinajstić information content (AvgIpc) is 3.89. The molecule has 52 heavy (non-hydrogen) atoms. The Morgan fingerprint density at radius 2 is 1.08 bits per heavy atom. The zero-order valence-electron chi connectivity index (χ0n) is 28.7. The van der Waals surface area contributed by atoms with Crippen LogP contribution in [-0.2, 0) is 23.9 Å². The minimum atomic E-state index is -1.00. The summed E-state index contributed by atoms with van der Waals surface area (Å²) in [6.45, 7) is 1.87. The normalized spacial score (nSPS) is 17.9. The number of carbonyl (C=O) groups is 5. The highest BCUT2D eigenvalue weighted by Crippen LogP contribution is 2.30. The van der Waals surface area contributed by atoms with Crippen molar-refractivity contribution >= 4 is 64.6 Å². The average molecular weight is 738 g/mol. The van der Waals surface area contributed by atoms with Crippen LogP contribution in [0.25, 0.3) is 11.1 Å². The largest absolute Gasteiger partial charge is 0.453 e. The number of hydrogen-bond acceptors (Lipinski definition) is 8. The second-order valence-electron chi connectivity index (χ2n) is 12.4. The van der Waals surface area contributed by atoms with Crippen LogP contribution in [0.15, 0.2) is 109 Å². The van der Waals surface area contributed by atoms with E-state index in [4.69, 9.17) is 4.74 Å². The second-order valence-corrected chi connectivity index (χ2v) is 14.4. The van der Waals surface area contributed by atoms with Gasteiger partial charge in [0.1, 0.15) is 18.1 Å². The van der Waals surface area contributed by atoms with Crippen molar-refractivity contribution in [2.45, 2.75) is 31.0 Å². The van der Waals surface area contributed by atoms with Crippen LogP contribution in [0.5, 0.6) is 0 Å². The zero-order chi connectivity index (χ0) is 36.6. The van der Waals surface area contributed by atoms with Crippen LogP contribution >= 0.6 is 23.5 Å². The number of alkyl carbamates (subject to hydrolysis) is 1. The highest BCUT2D eigenvalue weighted by atomic mass is 32.2. The van der Waals surface area contributed by atoms with Gasteiger partial charge in [-0.3, -0.25) is 19.2 Å². The molecule has 0 spiro atoms. The van der Waals surface area contributed by atoms with Crippen molar-refractivity contribution in [3.8, 4) is 11.1 Å². The van der Waals surface area contributed by atoms with Crippen LogP contribution in [0.1, 0.15) is 30.0 Å². The lowest BCUT2D eigenvalue weighted by molar-refractivity contribution is -0.138. The number of carbonyl (C=O) groups excluding carboxylic acids is 5. The zero-order valence-corrected chi connectivity index (χ0v) is 30.3. The number of rotatable bonds is 10. The Morgan fingerprint density at radius 3 is 1.54 bits per heavy atom. The van der Waals surface area contributed by atoms with Crippen LogP contribution in [0.4, 0.5) is 16.2 Å². The molecule has 0 radical (unpaired) electrons. The van der Waals surface area contributed by atoms with E-state index in [9.17, 15) is 24.0 Å². The van der Waals surface area contributed by atoms with Gasteiger partial charge in [-0.15, -0.1) is 23.5 Å². The van der Waals surface area contributed by atoms with Crippen molar-refractivity contribution in [2.75, 3.05) is 41.0 Å². The van der Waals surface area contributed by atoms with E-state index < -0.39 is 30.1 Å². The molecular weight excluding hydrogens is 699 g/mol. The summed E-state index contributed by atoms with van der Waals surface area (Å²) in [6, 6.07) is 30.9. The van der Waals surface area contributed by atoms with Crippen molar-refractivity contribution < 1.29 is 28.7 Å². The molecule has 4 aromatic carbocycles. The van der Waals surface area contributed by atoms with Crippen LogP contribution < -0.4 is 16.0 Å². The molecule has 2 heterocycles. The lowest BCUT2D eigenvalue weighted by Gasteiger charge is -2.28. The molecule has 268 valence electrons. The Bertz CT molecular complexity index is 1900. The predicted molar refractivity (Wildman–Crippen MR) is 205 cm³/mol. The maximum Gasteiger partial charge on any atom is 0.407 e. The molecule has 13 heteroatoms. The quantitative estimate of drug-likeness (QED) is 0.182. The van der Waals surface area contributed by atoms with E-state index in [-0.39, 0.29) is 23.6 Å². The third-order valence-electron chi connectivity index (χ3n) is 9.07. The van der Waals surface area contributed by atoms with Gasteiger partial charge >= 0.3 is 6.09 Å². The topological polar surface area (TPSA) is 137 Å². The van der Waals surface area contributed by atoms with E-state index in [0.29, 0.717) is 40.2 Å². The van der Waals surface area contributed by atoms with Crippen molar-refractivity contribution in [3.05, 3.63) is 120 Å². The minimum absolute atomic E-state index is 0.0658. The SMILES string of the molecule is COC(=O)N[C@@H](C(=O)N1CSC[C@H]1C(=O)Nc1ccc(-c2ccc(NC(=O)[C@@H]3CSCN3C(=O)[C@H](C)c3ccccc3)cc2)cc1)c1ccccc1. The van der Waals surface area contributed by atoms with Gasteiger partial charge in [0, 0.05) is 22.9 Å². The first-order valence-corrected chi connectivity index (χ1v) is 19.1. The van der Waals surface area contributed by atoms with E-state index in [0.717, 1.165) is 16.7 Å². The Balaban J connectivity index is 1.05. The third-order valence-corrected chi connectivity index (χ3v) is 11.1. The van der Waals surface area contributed by atoms with E-state index in [1.165, 1.54) is 23.8 Å². The molecule has 2 aliphatic rings. The van der Waals surface area contributed by atoms with E-state index in [1.807, 2.05) is 79.7 Å². The fraction of sp³-hybridized carbons (Fsp3) is 0.256. The molecule has 2 saturated heterocycles.